The Morgan fingerprint density at radius 2 is 1.93 bits per heavy atom. The largest absolute Gasteiger partial charge is 0.495 e. The van der Waals surface area contributed by atoms with Crippen LogP contribution in [0, 0.1) is 0 Å². The number of hydrogen-bond donors (Lipinski definition) is 1. The van der Waals surface area contributed by atoms with Crippen LogP contribution in [0.1, 0.15) is 52.9 Å². The molecule has 3 rings (SSSR count). The van der Waals surface area contributed by atoms with Crippen LogP contribution in [0.15, 0.2) is 22.8 Å². The van der Waals surface area contributed by atoms with Crippen molar-refractivity contribution in [2.45, 2.75) is 64.5 Å². The molecule has 1 saturated carbocycles. The highest BCUT2D eigenvalue weighted by molar-refractivity contribution is 9.10. The van der Waals surface area contributed by atoms with E-state index in [9.17, 15) is 4.79 Å². The van der Waals surface area contributed by atoms with Crippen molar-refractivity contribution in [2.75, 3.05) is 14.2 Å². The van der Waals surface area contributed by atoms with Crippen molar-refractivity contribution in [1.29, 1.82) is 0 Å². The van der Waals surface area contributed by atoms with Gasteiger partial charge in [0.25, 0.3) is 0 Å². The number of H-pyrrole nitrogens is 1. The first-order chi connectivity index (χ1) is 12.7. The zero-order chi connectivity index (χ0) is 20.0. The second-order valence-corrected chi connectivity index (χ2v) is 8.68. The number of hydrogen-bond acceptors (Lipinski definition) is 4. The van der Waals surface area contributed by atoms with E-state index in [1.54, 1.807) is 18.2 Å². The van der Waals surface area contributed by atoms with Crippen LogP contribution in [0.25, 0.3) is 10.9 Å². The number of ether oxygens (including phenoxy) is 2. The monoisotopic (exact) mass is 439 g/mol. The van der Waals surface area contributed by atoms with Crippen molar-refractivity contribution in [3.05, 3.63) is 22.8 Å². The number of halogens is 1. The van der Waals surface area contributed by atoms with Crippen LogP contribution in [0.2, 0.25) is 0 Å². The Labute approximate surface area is 169 Å². The molecular weight excluding hydrogens is 410 g/mol. The molecule has 6 nitrogen and oxygen atoms in total. The zero-order valence-corrected chi connectivity index (χ0v) is 18.4. The molecule has 0 aliphatic heterocycles. The van der Waals surface area contributed by atoms with Crippen molar-refractivity contribution in [1.82, 2.24) is 15.1 Å². The molecule has 1 fully saturated rings. The SMILES string of the molecule is CN(C(=O)OC(C)(C)C)C1CCCCC1.COc1cc2[nH]ncc2cc1Br. The maximum atomic E-state index is 11.8. The highest BCUT2D eigenvalue weighted by atomic mass is 79.9. The summed E-state index contributed by atoms with van der Waals surface area (Å²) in [5, 5.41) is 7.86. The lowest BCUT2D eigenvalue weighted by atomic mass is 9.95. The van der Waals surface area contributed by atoms with Gasteiger partial charge in [-0.3, -0.25) is 5.10 Å². The lowest BCUT2D eigenvalue weighted by molar-refractivity contribution is 0.0189. The number of nitrogens with one attached hydrogen (secondary N) is 1. The molecule has 2 aromatic rings. The van der Waals surface area contributed by atoms with E-state index in [1.165, 1.54) is 19.3 Å². The normalized spacial score (nSPS) is 15.0. The van der Waals surface area contributed by atoms with Crippen LogP contribution in [-0.4, -0.2) is 47.0 Å². The second-order valence-electron chi connectivity index (χ2n) is 7.83. The van der Waals surface area contributed by atoms with Gasteiger partial charge in [-0.1, -0.05) is 19.3 Å². The van der Waals surface area contributed by atoms with E-state index >= 15 is 0 Å². The third-order valence-electron chi connectivity index (χ3n) is 4.52. The molecule has 1 amide bonds. The first-order valence-corrected chi connectivity index (χ1v) is 10.1. The third kappa shape index (κ3) is 6.41. The summed E-state index contributed by atoms with van der Waals surface area (Å²) in [6.07, 6.45) is 7.61. The molecule has 1 aliphatic rings. The molecule has 0 atom stereocenters. The fourth-order valence-electron chi connectivity index (χ4n) is 3.05. The summed E-state index contributed by atoms with van der Waals surface area (Å²) in [5.41, 5.74) is 0.593. The number of rotatable bonds is 2. The number of aromatic amines is 1. The van der Waals surface area contributed by atoms with Crippen molar-refractivity contribution in [3.8, 4) is 5.75 Å². The minimum atomic E-state index is -0.389. The standard InChI is InChI=1S/C12H23NO2.C8H7BrN2O/c1-12(2,3)15-11(14)13(4)10-8-6-5-7-9-10;1-12-8-3-7-5(2-6(8)9)4-10-11-7/h10H,5-9H2,1-4H3;2-4H,1H3,(H,10,11). The van der Waals surface area contributed by atoms with E-state index in [1.807, 2.05) is 40.0 Å². The van der Waals surface area contributed by atoms with Gasteiger partial charge in [0.2, 0.25) is 0 Å². The molecule has 1 heterocycles. The number of carbonyl (C=O) groups is 1. The highest BCUT2D eigenvalue weighted by Crippen LogP contribution is 2.28. The Balaban J connectivity index is 0.000000198. The first kappa shape index (κ1) is 21.5. The van der Waals surface area contributed by atoms with Gasteiger partial charge in [0, 0.05) is 24.5 Å². The van der Waals surface area contributed by atoms with E-state index in [0.717, 1.165) is 34.0 Å². The van der Waals surface area contributed by atoms with E-state index in [0.29, 0.717) is 6.04 Å². The van der Waals surface area contributed by atoms with Crippen LogP contribution >= 0.6 is 15.9 Å². The minimum Gasteiger partial charge on any atom is -0.495 e. The molecule has 0 spiro atoms. The molecule has 0 unspecified atom stereocenters. The number of aromatic nitrogens is 2. The van der Waals surface area contributed by atoms with Gasteiger partial charge in [-0.15, -0.1) is 0 Å². The lowest BCUT2D eigenvalue weighted by Gasteiger charge is -2.32. The van der Waals surface area contributed by atoms with E-state index < -0.39 is 0 Å². The van der Waals surface area contributed by atoms with Crippen molar-refractivity contribution in [2.24, 2.45) is 0 Å². The molecule has 0 saturated heterocycles. The summed E-state index contributed by atoms with van der Waals surface area (Å²) in [6.45, 7) is 5.71. The number of carbonyl (C=O) groups excluding carboxylic acids is 1. The molecule has 1 N–H and O–H groups in total. The van der Waals surface area contributed by atoms with E-state index in [4.69, 9.17) is 9.47 Å². The van der Waals surface area contributed by atoms with Crippen LogP contribution < -0.4 is 4.74 Å². The summed E-state index contributed by atoms with van der Waals surface area (Å²) in [5.74, 6) is 0.812. The van der Waals surface area contributed by atoms with Gasteiger partial charge in [-0.05, 0) is 55.6 Å². The van der Waals surface area contributed by atoms with E-state index in [-0.39, 0.29) is 11.7 Å². The average Bonchev–Trinajstić information content (AvgIpc) is 3.07. The Morgan fingerprint density at radius 3 is 2.52 bits per heavy atom. The molecule has 7 heteroatoms. The zero-order valence-electron chi connectivity index (χ0n) is 16.8. The van der Waals surface area contributed by atoms with Crippen LogP contribution in [-0.2, 0) is 4.74 Å². The van der Waals surface area contributed by atoms with Crippen molar-refractivity contribution >= 4 is 32.9 Å². The fraction of sp³-hybridized carbons (Fsp3) is 0.600. The molecule has 0 bridgehead atoms. The highest BCUT2D eigenvalue weighted by Gasteiger charge is 2.26. The molecule has 1 aromatic heterocycles. The van der Waals surface area contributed by atoms with Gasteiger partial charge in [-0.25, -0.2) is 4.79 Å². The van der Waals surface area contributed by atoms with Gasteiger partial charge in [0.1, 0.15) is 11.4 Å². The van der Waals surface area contributed by atoms with Crippen LogP contribution in [0.3, 0.4) is 0 Å². The lowest BCUT2D eigenvalue weighted by Crippen LogP contribution is -2.41. The smallest absolute Gasteiger partial charge is 0.410 e. The number of methoxy groups -OCH3 is 1. The number of benzene rings is 1. The Hall–Kier alpha value is -1.76. The quantitative estimate of drug-likeness (QED) is 0.668. The van der Waals surface area contributed by atoms with Crippen LogP contribution in [0.5, 0.6) is 5.75 Å². The van der Waals surface area contributed by atoms with Gasteiger partial charge >= 0.3 is 6.09 Å². The summed E-state index contributed by atoms with van der Waals surface area (Å²) < 4.78 is 11.4. The predicted molar refractivity (Wildman–Crippen MR) is 111 cm³/mol. The Bertz CT molecular complexity index is 749. The molecule has 0 radical (unpaired) electrons. The van der Waals surface area contributed by atoms with Crippen molar-refractivity contribution in [3.63, 3.8) is 0 Å². The minimum absolute atomic E-state index is 0.186. The van der Waals surface area contributed by atoms with Gasteiger partial charge in [-0.2, -0.15) is 5.10 Å². The molecule has 1 aliphatic carbocycles. The fourth-order valence-corrected chi connectivity index (χ4v) is 3.57. The van der Waals surface area contributed by atoms with Gasteiger partial charge < -0.3 is 14.4 Å². The summed E-state index contributed by atoms with van der Waals surface area (Å²) >= 11 is 3.40. The molecular formula is C20H30BrN3O3. The van der Waals surface area contributed by atoms with Gasteiger partial charge in [0.15, 0.2) is 0 Å². The number of fused-ring (bicyclic) bond motifs is 1. The summed E-state index contributed by atoms with van der Waals surface area (Å²) in [4.78, 5) is 13.5. The molecule has 1 aromatic carbocycles. The molecule has 150 valence electrons. The topological polar surface area (TPSA) is 67.5 Å². The van der Waals surface area contributed by atoms with Crippen LogP contribution in [0.4, 0.5) is 4.79 Å². The maximum absolute atomic E-state index is 11.8. The summed E-state index contributed by atoms with van der Waals surface area (Å²) in [6, 6.07) is 4.26. The summed E-state index contributed by atoms with van der Waals surface area (Å²) in [7, 11) is 3.49. The number of nitrogens with zero attached hydrogens (tertiary/aromatic N) is 2. The first-order valence-electron chi connectivity index (χ1n) is 9.33. The predicted octanol–water partition coefficient (Wildman–Crippen LogP) is 5.52. The Morgan fingerprint density at radius 1 is 1.26 bits per heavy atom. The van der Waals surface area contributed by atoms with Crippen molar-refractivity contribution < 1.29 is 14.3 Å². The Kier molecular flexibility index (Phi) is 7.53. The maximum Gasteiger partial charge on any atom is 0.410 e. The average molecular weight is 440 g/mol. The van der Waals surface area contributed by atoms with Gasteiger partial charge in [0.05, 0.1) is 23.3 Å². The van der Waals surface area contributed by atoms with E-state index in [2.05, 4.69) is 26.1 Å². The molecule has 27 heavy (non-hydrogen) atoms. The number of amides is 1. The third-order valence-corrected chi connectivity index (χ3v) is 5.14. The second kappa shape index (κ2) is 9.44.